The maximum Gasteiger partial charge on any atom is 0.272 e. The fourth-order valence-electron chi connectivity index (χ4n) is 2.72. The van der Waals surface area contributed by atoms with Gasteiger partial charge in [0.05, 0.1) is 9.85 Å². The van der Waals surface area contributed by atoms with E-state index in [1.54, 1.807) is 50.2 Å². The first-order valence-corrected chi connectivity index (χ1v) is 9.01. The van der Waals surface area contributed by atoms with Crippen LogP contribution in [0.5, 0.6) is 0 Å². The molecule has 2 aromatic carbocycles. The molecule has 0 heterocycles. The lowest BCUT2D eigenvalue weighted by Crippen LogP contribution is -2.23. The second kappa shape index (κ2) is 9.12. The number of benzene rings is 2. The molecule has 27 heavy (non-hydrogen) atoms. The number of ether oxygens (including phenoxy) is 1. The van der Waals surface area contributed by atoms with E-state index < -0.39 is 32.8 Å². The first-order valence-electron chi connectivity index (χ1n) is 8.14. The van der Waals surface area contributed by atoms with Crippen LogP contribution in [0, 0.1) is 20.2 Å². The summed E-state index contributed by atoms with van der Waals surface area (Å²) in [7, 11) is 0. The van der Waals surface area contributed by atoms with Crippen molar-refractivity contribution in [1.82, 2.24) is 0 Å². The van der Waals surface area contributed by atoms with E-state index >= 15 is 0 Å². The summed E-state index contributed by atoms with van der Waals surface area (Å²) in [6.45, 7) is 3.39. The number of para-hydroxylation sites is 2. The molecule has 0 amide bonds. The van der Waals surface area contributed by atoms with E-state index in [1.807, 2.05) is 0 Å². The zero-order valence-corrected chi connectivity index (χ0v) is 16.1. The maximum absolute atomic E-state index is 11.2. The summed E-state index contributed by atoms with van der Waals surface area (Å²) in [4.78, 5) is 21.4. The maximum atomic E-state index is 11.2. The Morgan fingerprint density at radius 1 is 0.778 bits per heavy atom. The predicted molar refractivity (Wildman–Crippen MR) is 103 cm³/mol. The quantitative estimate of drug-likeness (QED) is 0.321. The molecule has 0 aliphatic carbocycles. The van der Waals surface area contributed by atoms with Crippen LogP contribution in [0.15, 0.2) is 48.5 Å². The lowest BCUT2D eigenvalue weighted by atomic mass is 9.98. The largest absolute Gasteiger partial charge is 0.342 e. The molecule has 0 aromatic heterocycles. The summed E-state index contributed by atoms with van der Waals surface area (Å²) in [6.07, 6.45) is 0. The molecule has 9 heteroatoms. The average Bonchev–Trinajstić information content (AvgIpc) is 2.66. The molecule has 0 saturated carbocycles. The third-order valence-corrected chi connectivity index (χ3v) is 5.26. The van der Waals surface area contributed by atoms with Crippen LogP contribution in [0.25, 0.3) is 0 Å². The van der Waals surface area contributed by atoms with Crippen LogP contribution in [-0.4, -0.2) is 21.0 Å². The van der Waals surface area contributed by atoms with E-state index in [0.717, 1.165) is 0 Å². The van der Waals surface area contributed by atoms with Gasteiger partial charge in [-0.15, -0.1) is 0 Å². The number of rotatable bonds is 8. The number of nitro benzene ring substituents is 2. The zero-order valence-electron chi connectivity index (χ0n) is 14.6. The van der Waals surface area contributed by atoms with Crippen LogP contribution in [0.2, 0.25) is 0 Å². The highest BCUT2D eigenvalue weighted by Gasteiger charge is 2.30. The first kappa shape index (κ1) is 21.1. The summed E-state index contributed by atoms with van der Waals surface area (Å²) in [5.74, 6) is -1.04. The fourth-order valence-corrected chi connectivity index (χ4v) is 3.27. The van der Waals surface area contributed by atoms with Crippen LogP contribution >= 0.6 is 23.2 Å². The smallest absolute Gasteiger partial charge is 0.272 e. The number of hydrogen-bond acceptors (Lipinski definition) is 5. The van der Waals surface area contributed by atoms with E-state index in [9.17, 15) is 20.2 Å². The molecule has 2 aromatic rings. The summed E-state index contributed by atoms with van der Waals surface area (Å²) in [6, 6.07) is 12.5. The Hall–Kier alpha value is -2.22. The van der Waals surface area contributed by atoms with Crippen molar-refractivity contribution >= 4 is 34.6 Å². The van der Waals surface area contributed by atoms with Gasteiger partial charge in [0.15, 0.2) is 0 Å². The minimum Gasteiger partial charge on any atom is -0.342 e. The lowest BCUT2D eigenvalue weighted by Gasteiger charge is -2.25. The number of halogens is 2. The molecule has 0 aliphatic rings. The second-order valence-corrected chi connectivity index (χ2v) is 6.91. The molecule has 2 rings (SSSR count). The summed E-state index contributed by atoms with van der Waals surface area (Å²) in [5, 5.41) is 22.4. The van der Waals surface area contributed by atoms with Gasteiger partial charge in [0, 0.05) is 35.1 Å². The molecule has 7 nitrogen and oxygen atoms in total. The van der Waals surface area contributed by atoms with E-state index in [4.69, 9.17) is 27.9 Å². The molecule has 0 aliphatic heterocycles. The molecule has 4 atom stereocenters. The Morgan fingerprint density at radius 3 is 1.44 bits per heavy atom. The lowest BCUT2D eigenvalue weighted by molar-refractivity contribution is -0.385. The summed E-state index contributed by atoms with van der Waals surface area (Å²) in [5.41, 5.74) is -1.19. The third-order valence-electron chi connectivity index (χ3n) is 4.29. The zero-order chi connectivity index (χ0) is 20.1. The van der Waals surface area contributed by atoms with E-state index in [0.29, 0.717) is 11.1 Å². The summed E-state index contributed by atoms with van der Waals surface area (Å²) < 4.78 is 5.64. The normalized spacial score (nSPS) is 15.6. The number of hydrogen-bond donors (Lipinski definition) is 0. The Bertz CT molecular complexity index is 765. The van der Waals surface area contributed by atoms with Crippen LogP contribution < -0.4 is 0 Å². The Morgan fingerprint density at radius 2 is 1.11 bits per heavy atom. The topological polar surface area (TPSA) is 95.5 Å². The van der Waals surface area contributed by atoms with Crippen molar-refractivity contribution in [3.05, 3.63) is 79.9 Å². The van der Waals surface area contributed by atoms with Gasteiger partial charge in [-0.25, -0.2) is 0 Å². The van der Waals surface area contributed by atoms with Crippen molar-refractivity contribution < 1.29 is 14.6 Å². The minimum absolute atomic E-state index is 0.0582. The van der Waals surface area contributed by atoms with Crippen molar-refractivity contribution in [3.8, 4) is 0 Å². The molecular formula is C18H18Cl2N2O5. The van der Waals surface area contributed by atoms with Gasteiger partial charge in [0.25, 0.3) is 11.4 Å². The number of alkyl halides is 2. The van der Waals surface area contributed by atoms with Gasteiger partial charge in [-0.1, -0.05) is 73.4 Å². The van der Waals surface area contributed by atoms with Crippen LogP contribution in [0.1, 0.15) is 36.8 Å². The van der Waals surface area contributed by atoms with E-state index in [1.165, 1.54) is 12.1 Å². The van der Waals surface area contributed by atoms with Crippen molar-refractivity contribution in [2.45, 2.75) is 36.8 Å². The van der Waals surface area contributed by atoms with Crippen LogP contribution in [0.3, 0.4) is 0 Å². The van der Waals surface area contributed by atoms with Gasteiger partial charge >= 0.3 is 0 Å². The average molecular weight is 413 g/mol. The fraction of sp³-hybridized carbons (Fsp3) is 0.333. The molecule has 0 N–H and O–H groups in total. The second-order valence-electron chi connectivity index (χ2n) is 6.05. The van der Waals surface area contributed by atoms with E-state index in [-0.39, 0.29) is 11.4 Å². The van der Waals surface area contributed by atoms with Crippen LogP contribution in [-0.2, 0) is 4.74 Å². The molecule has 0 fully saturated rings. The standard InChI is InChI=1S/C18H18Cl2N2O5/c1-11(13-7-3-5-9-15(13)21(23)24)17(19)27-18(20)12(2)14-8-4-6-10-16(14)22(25)26/h3-12,17-18H,1-2H3. The molecular weight excluding hydrogens is 395 g/mol. The van der Waals surface area contributed by atoms with Gasteiger partial charge in [0.1, 0.15) is 11.1 Å². The highest BCUT2D eigenvalue weighted by atomic mass is 35.5. The van der Waals surface area contributed by atoms with Crippen molar-refractivity contribution in [1.29, 1.82) is 0 Å². The van der Waals surface area contributed by atoms with Gasteiger partial charge < -0.3 is 4.74 Å². The predicted octanol–water partition coefficient (Wildman–Crippen LogP) is 5.56. The van der Waals surface area contributed by atoms with Crippen molar-refractivity contribution in [2.24, 2.45) is 0 Å². The monoisotopic (exact) mass is 412 g/mol. The molecule has 0 spiro atoms. The Kier molecular flexibility index (Phi) is 7.12. The van der Waals surface area contributed by atoms with Gasteiger partial charge in [-0.3, -0.25) is 20.2 Å². The Balaban J connectivity index is 2.17. The SMILES string of the molecule is CC(c1ccccc1[N+](=O)[O-])C(Cl)OC(Cl)C(C)c1ccccc1[N+](=O)[O-]. The van der Waals surface area contributed by atoms with Crippen molar-refractivity contribution in [2.75, 3.05) is 0 Å². The minimum atomic E-state index is -0.959. The van der Waals surface area contributed by atoms with Crippen LogP contribution in [0.4, 0.5) is 11.4 Å². The third kappa shape index (κ3) is 4.94. The highest BCUT2D eigenvalue weighted by molar-refractivity contribution is 6.22. The van der Waals surface area contributed by atoms with Gasteiger partial charge in [-0.05, 0) is 0 Å². The molecule has 4 unspecified atom stereocenters. The highest BCUT2D eigenvalue weighted by Crippen LogP contribution is 2.36. The molecule has 144 valence electrons. The van der Waals surface area contributed by atoms with Crippen molar-refractivity contribution in [3.63, 3.8) is 0 Å². The molecule has 0 bridgehead atoms. The van der Waals surface area contributed by atoms with Gasteiger partial charge in [-0.2, -0.15) is 0 Å². The van der Waals surface area contributed by atoms with Gasteiger partial charge in [0.2, 0.25) is 0 Å². The first-order chi connectivity index (χ1) is 12.7. The Labute approximate surface area is 166 Å². The van der Waals surface area contributed by atoms with E-state index in [2.05, 4.69) is 0 Å². The summed E-state index contributed by atoms with van der Waals surface area (Å²) >= 11 is 12.6. The number of nitrogens with zero attached hydrogens (tertiary/aromatic N) is 2. The molecule has 0 radical (unpaired) electrons. The number of nitro groups is 2. The molecule has 0 saturated heterocycles.